The maximum atomic E-state index is 3.23. The van der Waals surface area contributed by atoms with E-state index in [-0.39, 0.29) is 0 Å². The topological polar surface area (TPSA) is 15.8 Å². The fourth-order valence-electron chi connectivity index (χ4n) is 2.66. The van der Waals surface area contributed by atoms with Gasteiger partial charge in [-0.3, -0.25) is 0 Å². The Balaban J connectivity index is 1.88. The van der Waals surface area contributed by atoms with Crippen molar-refractivity contribution in [2.75, 3.05) is 0 Å². The first-order chi connectivity index (χ1) is 8.90. The van der Waals surface area contributed by atoms with Crippen molar-refractivity contribution in [3.63, 3.8) is 0 Å². The number of nitrogens with one attached hydrogen (secondary N) is 1. The third-order valence-corrected chi connectivity index (χ3v) is 3.67. The summed E-state index contributed by atoms with van der Waals surface area (Å²) in [7, 11) is 0. The third kappa shape index (κ3) is 1.41. The molecule has 0 radical (unpaired) electrons. The number of fused-ring (bicyclic) bond motifs is 2. The van der Waals surface area contributed by atoms with Crippen LogP contribution < -0.4 is 0 Å². The molecule has 2 aromatic carbocycles. The van der Waals surface area contributed by atoms with Crippen molar-refractivity contribution in [3.8, 4) is 11.1 Å². The van der Waals surface area contributed by atoms with Gasteiger partial charge in [-0.05, 0) is 58.3 Å². The molecule has 1 heteroatoms. The molecule has 0 bridgehead atoms. The average molecular weight is 231 g/mol. The molecule has 0 atom stereocenters. The number of H-pyrrole nitrogens is 1. The predicted octanol–water partition coefficient (Wildman–Crippen LogP) is 4.40. The zero-order valence-corrected chi connectivity index (χ0v) is 9.98. The van der Waals surface area contributed by atoms with Crippen LogP contribution in [0.5, 0.6) is 0 Å². The zero-order chi connectivity index (χ0) is 11.9. The second-order valence-corrected chi connectivity index (χ2v) is 4.80. The molecule has 0 fully saturated rings. The highest BCUT2D eigenvalue weighted by molar-refractivity contribution is 5.85. The molecular formula is C17H13N. The number of hydrogen-bond acceptors (Lipinski definition) is 0. The highest BCUT2D eigenvalue weighted by Crippen LogP contribution is 2.28. The molecule has 1 heterocycles. The first-order valence-electron chi connectivity index (χ1n) is 6.27. The van der Waals surface area contributed by atoms with Gasteiger partial charge < -0.3 is 4.98 Å². The summed E-state index contributed by atoms with van der Waals surface area (Å²) < 4.78 is 0. The Morgan fingerprint density at radius 1 is 0.889 bits per heavy atom. The Morgan fingerprint density at radius 3 is 2.78 bits per heavy atom. The van der Waals surface area contributed by atoms with Gasteiger partial charge in [-0.2, -0.15) is 0 Å². The van der Waals surface area contributed by atoms with Crippen molar-refractivity contribution in [2.24, 2.45) is 0 Å². The van der Waals surface area contributed by atoms with Gasteiger partial charge in [0.15, 0.2) is 0 Å². The Labute approximate surface area is 106 Å². The number of rotatable bonds is 1. The monoisotopic (exact) mass is 231 g/mol. The minimum Gasteiger partial charge on any atom is -0.361 e. The van der Waals surface area contributed by atoms with E-state index in [0.29, 0.717) is 0 Å². The molecule has 0 saturated carbocycles. The lowest BCUT2D eigenvalue weighted by Gasteiger charge is -2.05. The van der Waals surface area contributed by atoms with E-state index in [1.54, 1.807) is 0 Å². The molecule has 1 N–H and O–H groups in total. The number of allylic oxidation sites excluding steroid dienone is 1. The van der Waals surface area contributed by atoms with Crippen LogP contribution in [0.1, 0.15) is 11.1 Å². The van der Waals surface area contributed by atoms with Crippen LogP contribution in [0.25, 0.3) is 28.1 Å². The van der Waals surface area contributed by atoms with E-state index in [2.05, 4.69) is 59.6 Å². The second-order valence-electron chi connectivity index (χ2n) is 4.80. The summed E-state index contributed by atoms with van der Waals surface area (Å²) in [5.41, 5.74) is 6.57. The van der Waals surface area contributed by atoms with Gasteiger partial charge in [0.2, 0.25) is 0 Å². The van der Waals surface area contributed by atoms with Gasteiger partial charge in [-0.25, -0.2) is 0 Å². The van der Waals surface area contributed by atoms with Gasteiger partial charge in [0.25, 0.3) is 0 Å². The van der Waals surface area contributed by atoms with Crippen molar-refractivity contribution in [1.29, 1.82) is 0 Å². The fourth-order valence-corrected chi connectivity index (χ4v) is 2.66. The van der Waals surface area contributed by atoms with Crippen LogP contribution in [0.2, 0.25) is 0 Å². The van der Waals surface area contributed by atoms with Gasteiger partial charge in [-0.1, -0.05) is 30.4 Å². The van der Waals surface area contributed by atoms with Crippen molar-refractivity contribution in [1.82, 2.24) is 4.98 Å². The largest absolute Gasteiger partial charge is 0.361 e. The van der Waals surface area contributed by atoms with Crippen LogP contribution >= 0.6 is 0 Å². The molecule has 1 aliphatic rings. The Kier molecular flexibility index (Phi) is 1.95. The second kappa shape index (κ2) is 3.61. The van der Waals surface area contributed by atoms with Crippen LogP contribution in [0.3, 0.4) is 0 Å². The minimum atomic E-state index is 1.08. The summed E-state index contributed by atoms with van der Waals surface area (Å²) in [5, 5.41) is 1.27. The quantitative estimate of drug-likeness (QED) is 0.638. The summed E-state index contributed by atoms with van der Waals surface area (Å²) in [6.07, 6.45) is 7.50. The van der Waals surface area contributed by atoms with Gasteiger partial charge >= 0.3 is 0 Å². The van der Waals surface area contributed by atoms with Gasteiger partial charge in [0.1, 0.15) is 0 Å². The molecule has 4 rings (SSSR count). The molecule has 0 amide bonds. The molecule has 1 nitrogen and oxygen atoms in total. The summed E-state index contributed by atoms with van der Waals surface area (Å²) in [4.78, 5) is 3.23. The molecule has 0 spiro atoms. The summed E-state index contributed by atoms with van der Waals surface area (Å²) in [6.45, 7) is 0. The van der Waals surface area contributed by atoms with E-state index in [1.165, 1.54) is 33.2 Å². The number of aromatic amines is 1. The Morgan fingerprint density at radius 2 is 1.78 bits per heavy atom. The lowest BCUT2D eigenvalue weighted by atomic mass is 9.99. The van der Waals surface area contributed by atoms with Gasteiger partial charge in [0.05, 0.1) is 0 Å². The SMILES string of the molecule is C1=Cc2cc(-c3ccc4[nH]ccc4c3)ccc2C1. The fraction of sp³-hybridized carbons (Fsp3) is 0.0588. The maximum absolute atomic E-state index is 3.23. The van der Waals surface area contributed by atoms with Crippen molar-refractivity contribution >= 4 is 17.0 Å². The number of benzene rings is 2. The van der Waals surface area contributed by atoms with Crippen molar-refractivity contribution < 1.29 is 0 Å². The third-order valence-electron chi connectivity index (χ3n) is 3.67. The molecule has 0 unspecified atom stereocenters. The first kappa shape index (κ1) is 9.72. The molecule has 0 aliphatic heterocycles. The van der Waals surface area contributed by atoms with Gasteiger partial charge in [-0.15, -0.1) is 0 Å². The van der Waals surface area contributed by atoms with E-state index in [0.717, 1.165) is 6.42 Å². The van der Waals surface area contributed by atoms with E-state index >= 15 is 0 Å². The number of aromatic nitrogens is 1. The average Bonchev–Trinajstić information content (AvgIpc) is 3.05. The molecule has 0 saturated heterocycles. The standard InChI is InChI=1S/C17H13N/c1-2-12-4-5-14(10-13(12)3-1)15-6-7-17-16(11-15)8-9-18-17/h1,3-11,18H,2H2. The minimum absolute atomic E-state index is 1.08. The van der Waals surface area contributed by atoms with Crippen molar-refractivity contribution in [2.45, 2.75) is 6.42 Å². The number of hydrogen-bond donors (Lipinski definition) is 1. The Bertz CT molecular complexity index is 762. The highest BCUT2D eigenvalue weighted by atomic mass is 14.7. The zero-order valence-electron chi connectivity index (χ0n) is 9.98. The highest BCUT2D eigenvalue weighted by Gasteiger charge is 2.07. The van der Waals surface area contributed by atoms with Crippen LogP contribution in [0.15, 0.2) is 54.7 Å². The molecular weight excluding hydrogens is 218 g/mol. The summed E-state index contributed by atoms with van der Waals surface area (Å²) in [5.74, 6) is 0. The maximum Gasteiger partial charge on any atom is 0.0454 e. The molecule has 86 valence electrons. The van der Waals surface area contributed by atoms with E-state index in [4.69, 9.17) is 0 Å². The lowest BCUT2D eigenvalue weighted by molar-refractivity contribution is 1.31. The van der Waals surface area contributed by atoms with Crippen molar-refractivity contribution in [3.05, 3.63) is 65.9 Å². The molecule has 18 heavy (non-hydrogen) atoms. The van der Waals surface area contributed by atoms with E-state index in [1.807, 2.05) is 6.20 Å². The summed E-state index contributed by atoms with van der Waals surface area (Å²) in [6, 6.07) is 15.4. The van der Waals surface area contributed by atoms with Crippen LogP contribution in [-0.2, 0) is 6.42 Å². The van der Waals surface area contributed by atoms with Crippen LogP contribution in [-0.4, -0.2) is 4.98 Å². The van der Waals surface area contributed by atoms with Crippen LogP contribution in [0.4, 0.5) is 0 Å². The normalized spacial score (nSPS) is 13.1. The van der Waals surface area contributed by atoms with E-state index in [9.17, 15) is 0 Å². The lowest BCUT2D eigenvalue weighted by Crippen LogP contribution is -1.84. The van der Waals surface area contributed by atoms with E-state index < -0.39 is 0 Å². The predicted molar refractivity (Wildman–Crippen MR) is 76.5 cm³/mol. The molecule has 3 aromatic rings. The Hall–Kier alpha value is -2.28. The molecule has 1 aliphatic carbocycles. The summed E-state index contributed by atoms with van der Waals surface area (Å²) >= 11 is 0. The smallest absolute Gasteiger partial charge is 0.0454 e. The van der Waals surface area contributed by atoms with Crippen LogP contribution in [0, 0.1) is 0 Å². The van der Waals surface area contributed by atoms with Gasteiger partial charge in [0, 0.05) is 11.7 Å². The first-order valence-corrected chi connectivity index (χ1v) is 6.27. The molecule has 1 aromatic heterocycles.